The highest BCUT2D eigenvalue weighted by atomic mass is 16.3. The van der Waals surface area contributed by atoms with Crippen LogP contribution >= 0.6 is 0 Å². The molecule has 0 radical (unpaired) electrons. The summed E-state index contributed by atoms with van der Waals surface area (Å²) in [6.45, 7) is 0. The second-order valence-corrected chi connectivity index (χ2v) is 6.87. The van der Waals surface area contributed by atoms with Gasteiger partial charge in [-0.05, 0) is 52.6 Å². The van der Waals surface area contributed by atoms with E-state index < -0.39 is 0 Å². The van der Waals surface area contributed by atoms with E-state index in [1.165, 1.54) is 37.7 Å². The van der Waals surface area contributed by atoms with Crippen LogP contribution < -0.4 is 5.32 Å². The lowest BCUT2D eigenvalue weighted by atomic mass is 9.90. The van der Waals surface area contributed by atoms with E-state index in [-0.39, 0.29) is 0 Å². The van der Waals surface area contributed by atoms with Gasteiger partial charge >= 0.3 is 0 Å². The average Bonchev–Trinajstić information content (AvgIpc) is 3.08. The van der Waals surface area contributed by atoms with Gasteiger partial charge in [-0.15, -0.1) is 0 Å². The van der Waals surface area contributed by atoms with Crippen molar-refractivity contribution in [1.82, 2.24) is 14.9 Å². The molecule has 5 heteroatoms. The minimum atomic E-state index is 0.515. The smallest absolute Gasteiger partial charge is 0.231 e. The zero-order valence-electron chi connectivity index (χ0n) is 13.4. The number of nitrogens with zero attached hydrogens (tertiary/aromatic N) is 3. The van der Waals surface area contributed by atoms with Gasteiger partial charge in [-0.2, -0.15) is 0 Å². The molecule has 0 spiro atoms. The van der Waals surface area contributed by atoms with Crippen LogP contribution in [0.1, 0.15) is 43.4 Å². The Morgan fingerprint density at radius 1 is 1.14 bits per heavy atom. The second-order valence-electron chi connectivity index (χ2n) is 6.87. The summed E-state index contributed by atoms with van der Waals surface area (Å²) in [6.07, 6.45) is 9.85. The lowest BCUT2D eigenvalue weighted by Gasteiger charge is -2.33. The molecule has 118 valence electrons. The molecule has 1 saturated carbocycles. The van der Waals surface area contributed by atoms with Crippen LogP contribution in [0.2, 0.25) is 0 Å². The van der Waals surface area contributed by atoms with Crippen molar-refractivity contribution >= 4 is 16.9 Å². The number of anilines is 1. The van der Waals surface area contributed by atoms with Crippen molar-refractivity contribution in [3.8, 4) is 0 Å². The fourth-order valence-electron chi connectivity index (χ4n) is 3.97. The average molecular weight is 300 g/mol. The zero-order valence-corrected chi connectivity index (χ0v) is 13.4. The summed E-state index contributed by atoms with van der Waals surface area (Å²) in [7, 11) is 4.36. The Hall–Kier alpha value is -1.62. The highest BCUT2D eigenvalue weighted by molar-refractivity contribution is 5.90. The van der Waals surface area contributed by atoms with Crippen molar-refractivity contribution in [2.75, 3.05) is 19.4 Å². The van der Waals surface area contributed by atoms with Crippen molar-refractivity contribution in [1.29, 1.82) is 0 Å². The molecule has 0 amide bonds. The summed E-state index contributed by atoms with van der Waals surface area (Å²) in [5.74, 6) is 2.10. The lowest BCUT2D eigenvalue weighted by Crippen LogP contribution is -2.36. The van der Waals surface area contributed by atoms with Crippen LogP contribution in [0.4, 0.5) is 5.82 Å². The van der Waals surface area contributed by atoms with Gasteiger partial charge in [0.25, 0.3) is 0 Å². The molecule has 22 heavy (non-hydrogen) atoms. The number of fused-ring (bicyclic) bond motifs is 3. The third-order valence-electron chi connectivity index (χ3n) is 5.27. The molecule has 1 fully saturated rings. The summed E-state index contributed by atoms with van der Waals surface area (Å²) in [5.41, 5.74) is 2.09. The van der Waals surface area contributed by atoms with Gasteiger partial charge in [0.2, 0.25) is 5.71 Å². The lowest BCUT2D eigenvalue weighted by molar-refractivity contribution is 0.221. The maximum atomic E-state index is 5.89. The van der Waals surface area contributed by atoms with E-state index in [4.69, 9.17) is 4.42 Å². The SMILES string of the molecule is CN(C)[C@H]1CC[C@H](Nc2ncnc3oc4c(c23)CCC4)CC1. The fraction of sp³-hybridized carbons (Fsp3) is 0.647. The Labute approximate surface area is 131 Å². The van der Waals surface area contributed by atoms with Gasteiger partial charge in [-0.3, -0.25) is 0 Å². The Balaban J connectivity index is 1.55. The normalized spacial score (nSPS) is 24.9. The van der Waals surface area contributed by atoms with Gasteiger partial charge in [0.05, 0.1) is 5.39 Å². The van der Waals surface area contributed by atoms with Gasteiger partial charge in [0.1, 0.15) is 17.9 Å². The summed E-state index contributed by atoms with van der Waals surface area (Å²) >= 11 is 0. The first-order valence-corrected chi connectivity index (χ1v) is 8.40. The third-order valence-corrected chi connectivity index (χ3v) is 5.27. The predicted octanol–water partition coefficient (Wildman–Crippen LogP) is 3.00. The van der Waals surface area contributed by atoms with Crippen LogP contribution in [-0.2, 0) is 12.8 Å². The molecule has 5 nitrogen and oxygen atoms in total. The minimum absolute atomic E-state index is 0.515. The van der Waals surface area contributed by atoms with Gasteiger partial charge in [-0.1, -0.05) is 0 Å². The number of hydrogen-bond acceptors (Lipinski definition) is 5. The van der Waals surface area contributed by atoms with Crippen LogP contribution in [-0.4, -0.2) is 41.0 Å². The highest BCUT2D eigenvalue weighted by Gasteiger charge is 2.26. The summed E-state index contributed by atoms with van der Waals surface area (Å²) < 4.78 is 5.89. The van der Waals surface area contributed by atoms with Crippen LogP contribution in [0.15, 0.2) is 10.7 Å². The Bertz CT molecular complexity index is 671. The van der Waals surface area contributed by atoms with Crippen LogP contribution in [0, 0.1) is 0 Å². The number of rotatable bonds is 3. The molecule has 0 aliphatic heterocycles. The van der Waals surface area contributed by atoms with Crippen molar-refractivity contribution in [2.45, 2.75) is 57.0 Å². The number of aryl methyl sites for hydroxylation is 2. The van der Waals surface area contributed by atoms with Gasteiger partial charge in [0.15, 0.2) is 0 Å². The summed E-state index contributed by atoms with van der Waals surface area (Å²) in [5, 5.41) is 4.80. The molecule has 4 rings (SSSR count). The molecule has 2 aliphatic rings. The summed E-state index contributed by atoms with van der Waals surface area (Å²) in [6, 6.07) is 1.24. The molecular weight excluding hydrogens is 276 g/mol. The first-order chi connectivity index (χ1) is 10.7. The molecule has 0 unspecified atom stereocenters. The molecule has 0 bridgehead atoms. The van der Waals surface area contributed by atoms with Gasteiger partial charge < -0.3 is 14.6 Å². The van der Waals surface area contributed by atoms with Crippen molar-refractivity contribution in [2.24, 2.45) is 0 Å². The third kappa shape index (κ3) is 2.37. The maximum Gasteiger partial charge on any atom is 0.231 e. The molecule has 2 aliphatic carbocycles. The number of aromatic nitrogens is 2. The Morgan fingerprint density at radius 2 is 1.95 bits per heavy atom. The van der Waals surface area contributed by atoms with E-state index in [0.29, 0.717) is 6.04 Å². The van der Waals surface area contributed by atoms with E-state index in [9.17, 15) is 0 Å². The minimum Gasteiger partial charge on any atom is -0.442 e. The maximum absolute atomic E-state index is 5.89. The molecular formula is C17H24N4O. The fourth-order valence-corrected chi connectivity index (χ4v) is 3.97. The van der Waals surface area contributed by atoms with E-state index in [0.717, 1.165) is 41.6 Å². The van der Waals surface area contributed by atoms with Crippen LogP contribution in [0.25, 0.3) is 11.1 Å². The van der Waals surface area contributed by atoms with Crippen LogP contribution in [0.3, 0.4) is 0 Å². The number of furan rings is 1. The van der Waals surface area contributed by atoms with Gasteiger partial charge in [0, 0.05) is 24.1 Å². The summed E-state index contributed by atoms with van der Waals surface area (Å²) in [4.78, 5) is 11.2. The molecule has 0 atom stereocenters. The second kappa shape index (κ2) is 5.54. The van der Waals surface area contributed by atoms with Crippen molar-refractivity contribution in [3.63, 3.8) is 0 Å². The molecule has 2 heterocycles. The standard InChI is InChI=1S/C17H24N4O/c1-21(2)12-8-6-11(7-9-12)20-16-15-13-4-3-5-14(13)22-17(15)19-10-18-16/h10-12H,3-9H2,1-2H3,(H,18,19,20)/t11-,12-. The largest absolute Gasteiger partial charge is 0.442 e. The van der Waals surface area contributed by atoms with Crippen molar-refractivity contribution in [3.05, 3.63) is 17.7 Å². The van der Waals surface area contributed by atoms with Crippen LogP contribution in [0.5, 0.6) is 0 Å². The number of nitrogens with one attached hydrogen (secondary N) is 1. The van der Waals surface area contributed by atoms with Gasteiger partial charge in [-0.25, -0.2) is 9.97 Å². The first kappa shape index (κ1) is 14.0. The van der Waals surface area contributed by atoms with E-state index in [2.05, 4.69) is 34.3 Å². The zero-order chi connectivity index (χ0) is 15.1. The molecule has 1 N–H and O–H groups in total. The van der Waals surface area contributed by atoms with E-state index in [1.807, 2.05) is 0 Å². The predicted molar refractivity (Wildman–Crippen MR) is 87.2 cm³/mol. The van der Waals surface area contributed by atoms with Crippen molar-refractivity contribution < 1.29 is 4.42 Å². The Morgan fingerprint density at radius 3 is 2.73 bits per heavy atom. The molecule has 2 aromatic heterocycles. The number of hydrogen-bond donors (Lipinski definition) is 1. The Kier molecular flexibility index (Phi) is 3.53. The molecule has 0 saturated heterocycles. The molecule has 0 aromatic carbocycles. The highest BCUT2D eigenvalue weighted by Crippen LogP contribution is 2.36. The van der Waals surface area contributed by atoms with E-state index in [1.54, 1.807) is 6.33 Å². The van der Waals surface area contributed by atoms with E-state index >= 15 is 0 Å². The quantitative estimate of drug-likeness (QED) is 0.944. The molecule has 2 aromatic rings. The topological polar surface area (TPSA) is 54.2 Å². The first-order valence-electron chi connectivity index (χ1n) is 8.40. The monoisotopic (exact) mass is 300 g/mol.